The molecule has 90 valence electrons. The highest BCUT2D eigenvalue weighted by Crippen LogP contribution is 2.08. The standard InChI is InChI=1S/C8H10N2O.C2H4O.C2H6/c1-9-8-4-2-7(3-5-8)6-10-11;1-2-3;1-2/h2-5,9H,6H2,1H3;2H,1H3;1-2H3. The van der Waals surface area contributed by atoms with Gasteiger partial charge in [-0.3, -0.25) is 0 Å². The third-order valence-corrected chi connectivity index (χ3v) is 1.49. The number of benzene rings is 1. The zero-order valence-corrected chi connectivity index (χ0v) is 10.4. The molecule has 4 heteroatoms. The molecule has 4 nitrogen and oxygen atoms in total. The van der Waals surface area contributed by atoms with Gasteiger partial charge in [-0.2, -0.15) is 4.91 Å². The van der Waals surface area contributed by atoms with Crippen LogP contribution in [0.3, 0.4) is 0 Å². The first kappa shape index (κ1) is 16.7. The first-order valence-corrected chi connectivity index (χ1v) is 5.24. The molecule has 0 amide bonds. The largest absolute Gasteiger partial charge is 0.388 e. The van der Waals surface area contributed by atoms with Crippen molar-refractivity contribution < 1.29 is 4.79 Å². The van der Waals surface area contributed by atoms with Crippen molar-refractivity contribution in [3.05, 3.63) is 34.7 Å². The van der Waals surface area contributed by atoms with Gasteiger partial charge < -0.3 is 10.1 Å². The van der Waals surface area contributed by atoms with Crippen LogP contribution in [0.2, 0.25) is 0 Å². The number of anilines is 1. The van der Waals surface area contributed by atoms with Gasteiger partial charge in [0.15, 0.2) is 0 Å². The van der Waals surface area contributed by atoms with Crippen molar-refractivity contribution >= 4 is 12.0 Å². The maximum absolute atomic E-state index is 9.86. The molecule has 1 rings (SSSR count). The fraction of sp³-hybridized carbons (Fsp3) is 0.417. The van der Waals surface area contributed by atoms with Gasteiger partial charge >= 0.3 is 0 Å². The molecule has 0 unspecified atom stereocenters. The second-order valence-corrected chi connectivity index (χ2v) is 2.47. The van der Waals surface area contributed by atoms with E-state index < -0.39 is 0 Å². The zero-order chi connectivity index (χ0) is 12.8. The minimum atomic E-state index is 0.254. The summed E-state index contributed by atoms with van der Waals surface area (Å²) in [7, 11) is 1.85. The van der Waals surface area contributed by atoms with Crippen molar-refractivity contribution in [1.82, 2.24) is 0 Å². The van der Waals surface area contributed by atoms with E-state index in [-0.39, 0.29) is 6.54 Å². The van der Waals surface area contributed by atoms with Crippen LogP contribution in [-0.2, 0) is 11.3 Å². The Labute approximate surface area is 97.0 Å². The number of nitroso groups, excluding NO2 is 1. The molecule has 0 aromatic heterocycles. The van der Waals surface area contributed by atoms with Gasteiger partial charge in [0.2, 0.25) is 0 Å². The Morgan fingerprint density at radius 1 is 1.25 bits per heavy atom. The van der Waals surface area contributed by atoms with Crippen LogP contribution in [0.5, 0.6) is 0 Å². The Kier molecular flexibility index (Phi) is 13.9. The summed E-state index contributed by atoms with van der Waals surface area (Å²) in [6.45, 7) is 5.70. The molecule has 0 bridgehead atoms. The molecular weight excluding hydrogens is 204 g/mol. The van der Waals surface area contributed by atoms with Gasteiger partial charge in [-0.25, -0.2) is 0 Å². The summed E-state index contributed by atoms with van der Waals surface area (Å²) in [5.74, 6) is 0. The lowest BCUT2D eigenvalue weighted by Gasteiger charge is -1.98. The number of hydrogen-bond acceptors (Lipinski definition) is 4. The summed E-state index contributed by atoms with van der Waals surface area (Å²) >= 11 is 0. The molecule has 0 aliphatic heterocycles. The molecule has 0 aliphatic rings. The van der Waals surface area contributed by atoms with E-state index in [0.717, 1.165) is 17.5 Å². The number of carbonyl (C=O) groups excluding carboxylic acids is 1. The summed E-state index contributed by atoms with van der Waals surface area (Å²) in [5, 5.41) is 5.78. The molecule has 0 spiro atoms. The minimum Gasteiger partial charge on any atom is -0.388 e. The van der Waals surface area contributed by atoms with Gasteiger partial charge in [-0.05, 0) is 24.6 Å². The summed E-state index contributed by atoms with van der Waals surface area (Å²) < 4.78 is 0. The van der Waals surface area contributed by atoms with Gasteiger partial charge in [0.25, 0.3) is 0 Å². The Balaban J connectivity index is 0. The van der Waals surface area contributed by atoms with E-state index in [2.05, 4.69) is 10.5 Å². The van der Waals surface area contributed by atoms with Crippen molar-refractivity contribution in [2.45, 2.75) is 27.3 Å². The molecule has 0 fully saturated rings. The van der Waals surface area contributed by atoms with Crippen LogP contribution in [-0.4, -0.2) is 13.3 Å². The highest BCUT2D eigenvalue weighted by Gasteiger charge is 1.90. The SMILES string of the molecule is CC.CC=O.CNc1ccc(CN=O)cc1. The Hall–Kier alpha value is -1.71. The molecule has 0 saturated heterocycles. The van der Waals surface area contributed by atoms with Gasteiger partial charge in [-0.1, -0.05) is 31.2 Å². The molecule has 0 atom stereocenters. The first-order valence-electron chi connectivity index (χ1n) is 5.24. The Bertz CT molecular complexity index is 271. The van der Waals surface area contributed by atoms with Crippen molar-refractivity contribution in [3.8, 4) is 0 Å². The number of carbonyl (C=O) groups is 1. The monoisotopic (exact) mass is 224 g/mol. The summed E-state index contributed by atoms with van der Waals surface area (Å²) in [4.78, 5) is 18.7. The lowest BCUT2D eigenvalue weighted by Crippen LogP contribution is -1.87. The van der Waals surface area contributed by atoms with Crippen molar-refractivity contribution in [2.75, 3.05) is 12.4 Å². The second kappa shape index (κ2) is 13.3. The first-order chi connectivity index (χ1) is 7.78. The third-order valence-electron chi connectivity index (χ3n) is 1.49. The lowest BCUT2D eigenvalue weighted by atomic mass is 10.2. The van der Waals surface area contributed by atoms with Gasteiger partial charge in [0.05, 0.1) is 0 Å². The molecule has 1 aromatic rings. The maximum atomic E-state index is 9.86. The maximum Gasteiger partial charge on any atom is 0.116 e. The van der Waals surface area contributed by atoms with Gasteiger partial charge in [0, 0.05) is 12.7 Å². The molecule has 0 aliphatic carbocycles. The van der Waals surface area contributed by atoms with Crippen molar-refractivity contribution in [3.63, 3.8) is 0 Å². The molecule has 0 heterocycles. The highest BCUT2D eigenvalue weighted by molar-refractivity contribution is 5.44. The van der Waals surface area contributed by atoms with Gasteiger partial charge in [-0.15, -0.1) is 0 Å². The number of rotatable bonds is 3. The van der Waals surface area contributed by atoms with E-state index in [9.17, 15) is 4.91 Å². The number of hydrogen-bond donors (Lipinski definition) is 1. The lowest BCUT2D eigenvalue weighted by molar-refractivity contribution is -0.106. The fourth-order valence-electron chi connectivity index (χ4n) is 0.851. The number of nitrogens with one attached hydrogen (secondary N) is 1. The second-order valence-electron chi connectivity index (χ2n) is 2.47. The van der Waals surface area contributed by atoms with E-state index >= 15 is 0 Å². The summed E-state index contributed by atoms with van der Waals surface area (Å²) in [5.41, 5.74) is 1.98. The summed E-state index contributed by atoms with van der Waals surface area (Å²) in [6, 6.07) is 7.60. The van der Waals surface area contributed by atoms with Crippen molar-refractivity contribution in [2.24, 2.45) is 5.18 Å². The normalized spacial score (nSPS) is 7.50. The minimum absolute atomic E-state index is 0.254. The van der Waals surface area contributed by atoms with E-state index in [1.54, 1.807) is 0 Å². The molecule has 0 radical (unpaired) electrons. The predicted molar refractivity (Wildman–Crippen MR) is 68.6 cm³/mol. The molecule has 0 saturated carbocycles. The third kappa shape index (κ3) is 8.87. The predicted octanol–water partition coefficient (Wildman–Crippen LogP) is 3.23. The Morgan fingerprint density at radius 2 is 1.69 bits per heavy atom. The van der Waals surface area contributed by atoms with Crippen LogP contribution < -0.4 is 5.32 Å². The van der Waals surface area contributed by atoms with Crippen LogP contribution in [0.15, 0.2) is 29.4 Å². The van der Waals surface area contributed by atoms with Crippen LogP contribution in [0.4, 0.5) is 5.69 Å². The van der Waals surface area contributed by atoms with Crippen LogP contribution in [0, 0.1) is 4.91 Å². The van der Waals surface area contributed by atoms with Gasteiger partial charge in [0.1, 0.15) is 12.8 Å². The number of nitrogens with zero attached hydrogens (tertiary/aromatic N) is 1. The highest BCUT2D eigenvalue weighted by atomic mass is 16.3. The van der Waals surface area contributed by atoms with Crippen LogP contribution >= 0.6 is 0 Å². The average Bonchev–Trinajstić information content (AvgIpc) is 2.34. The Morgan fingerprint density at radius 3 is 2.00 bits per heavy atom. The van der Waals surface area contributed by atoms with E-state index in [1.165, 1.54) is 6.92 Å². The molecular formula is C12H20N2O2. The molecule has 1 N–H and O–H groups in total. The molecule has 16 heavy (non-hydrogen) atoms. The average molecular weight is 224 g/mol. The smallest absolute Gasteiger partial charge is 0.116 e. The topological polar surface area (TPSA) is 58.5 Å². The van der Waals surface area contributed by atoms with Crippen LogP contribution in [0.1, 0.15) is 26.3 Å². The van der Waals surface area contributed by atoms with E-state index in [0.29, 0.717) is 0 Å². The van der Waals surface area contributed by atoms with E-state index in [4.69, 9.17) is 4.79 Å². The van der Waals surface area contributed by atoms with Crippen LogP contribution in [0.25, 0.3) is 0 Å². The van der Waals surface area contributed by atoms with E-state index in [1.807, 2.05) is 45.2 Å². The quantitative estimate of drug-likeness (QED) is 0.633. The number of aldehydes is 1. The fourth-order valence-corrected chi connectivity index (χ4v) is 0.851. The zero-order valence-electron chi connectivity index (χ0n) is 10.4. The molecule has 1 aromatic carbocycles. The van der Waals surface area contributed by atoms with Crippen molar-refractivity contribution in [1.29, 1.82) is 0 Å². The summed E-state index contributed by atoms with van der Waals surface area (Å²) in [6.07, 6.45) is 0.750.